The van der Waals surface area contributed by atoms with Gasteiger partial charge >= 0.3 is 5.69 Å². The Balaban J connectivity index is 3.55. The third-order valence-corrected chi connectivity index (χ3v) is 3.22. The molecule has 0 amide bonds. The van der Waals surface area contributed by atoms with E-state index in [0.717, 1.165) is 6.26 Å². The summed E-state index contributed by atoms with van der Waals surface area (Å²) in [6, 6.07) is 2.80. The van der Waals surface area contributed by atoms with Crippen molar-refractivity contribution in [1.29, 1.82) is 5.39 Å². The molecule has 0 fully saturated rings. The molecule has 0 aliphatic heterocycles. The number of rotatable bonds is 2. The van der Waals surface area contributed by atoms with Gasteiger partial charge in [-0.2, -0.15) is 0 Å². The average molecular weight is 227 g/mol. The van der Waals surface area contributed by atoms with Crippen molar-refractivity contribution in [3.8, 4) is 5.75 Å². The quantitative estimate of drug-likeness (QED) is 0.723. The van der Waals surface area contributed by atoms with Crippen LogP contribution in [0.3, 0.4) is 0 Å². The lowest BCUT2D eigenvalue weighted by atomic mass is 10.2. The van der Waals surface area contributed by atoms with Crippen LogP contribution >= 0.6 is 0 Å². The third-order valence-electron chi connectivity index (χ3n) is 1.98. The van der Waals surface area contributed by atoms with Crippen LogP contribution < -0.4 is 4.74 Å². The SMILES string of the molecule is COc1cc(S(C)(=O)=O)c(C)cc1[N+]#N. The summed E-state index contributed by atoms with van der Waals surface area (Å²) < 4.78 is 27.7. The Bertz CT molecular complexity index is 529. The molecule has 0 radical (unpaired) electrons. The first-order chi connectivity index (χ1) is 6.90. The van der Waals surface area contributed by atoms with E-state index < -0.39 is 9.84 Å². The number of methoxy groups -OCH3 is 1. The van der Waals surface area contributed by atoms with Crippen LogP contribution in [0.15, 0.2) is 17.0 Å². The van der Waals surface area contributed by atoms with E-state index in [4.69, 9.17) is 10.1 Å². The summed E-state index contributed by atoms with van der Waals surface area (Å²) in [6.45, 7) is 1.63. The fraction of sp³-hybridized carbons (Fsp3) is 0.333. The smallest absolute Gasteiger partial charge is 0.426 e. The number of ether oxygens (including phenoxy) is 1. The molecule has 0 aromatic heterocycles. The highest BCUT2D eigenvalue weighted by atomic mass is 32.2. The highest BCUT2D eigenvalue weighted by Gasteiger charge is 2.21. The summed E-state index contributed by atoms with van der Waals surface area (Å²) in [5.74, 6) is 0.225. The predicted octanol–water partition coefficient (Wildman–Crippen LogP) is 1.89. The summed E-state index contributed by atoms with van der Waals surface area (Å²) in [7, 11) is -1.91. The van der Waals surface area contributed by atoms with Gasteiger partial charge in [-0.3, -0.25) is 0 Å². The van der Waals surface area contributed by atoms with Gasteiger partial charge in [-0.1, -0.05) is 0 Å². The van der Waals surface area contributed by atoms with Crippen LogP contribution in [-0.2, 0) is 9.84 Å². The van der Waals surface area contributed by atoms with E-state index in [9.17, 15) is 8.42 Å². The van der Waals surface area contributed by atoms with Crippen LogP contribution in [-0.4, -0.2) is 21.8 Å². The van der Waals surface area contributed by atoms with Crippen molar-refractivity contribution >= 4 is 15.5 Å². The first-order valence-corrected chi connectivity index (χ1v) is 6.03. The number of aryl methyl sites for hydroxylation is 1. The Labute approximate surface area is 88.2 Å². The Morgan fingerprint density at radius 1 is 1.40 bits per heavy atom. The normalized spacial score (nSPS) is 10.8. The summed E-state index contributed by atoms with van der Waals surface area (Å²) >= 11 is 0. The second-order valence-electron chi connectivity index (χ2n) is 3.16. The number of hydrogen-bond acceptors (Lipinski definition) is 4. The second-order valence-corrected chi connectivity index (χ2v) is 5.15. The van der Waals surface area contributed by atoms with Gasteiger partial charge in [0.15, 0.2) is 14.8 Å². The molecule has 1 aromatic rings. The zero-order valence-electron chi connectivity index (χ0n) is 8.68. The lowest BCUT2D eigenvalue weighted by Crippen LogP contribution is -2.00. The summed E-state index contributed by atoms with van der Waals surface area (Å²) in [5.41, 5.74) is 0.730. The maximum atomic E-state index is 11.4. The van der Waals surface area contributed by atoms with E-state index >= 15 is 0 Å². The van der Waals surface area contributed by atoms with Gasteiger partial charge in [0.2, 0.25) is 11.1 Å². The van der Waals surface area contributed by atoms with Crippen molar-refractivity contribution in [2.45, 2.75) is 11.8 Å². The molecule has 0 unspecified atom stereocenters. The van der Waals surface area contributed by atoms with E-state index in [2.05, 4.69) is 4.98 Å². The molecule has 0 bridgehead atoms. The maximum absolute atomic E-state index is 11.4. The summed E-state index contributed by atoms with van der Waals surface area (Å²) in [4.78, 5) is 3.18. The first-order valence-electron chi connectivity index (χ1n) is 4.14. The predicted molar refractivity (Wildman–Crippen MR) is 55.6 cm³/mol. The first kappa shape index (κ1) is 11.5. The minimum Gasteiger partial charge on any atom is -0.489 e. The lowest BCUT2D eigenvalue weighted by Gasteiger charge is -2.03. The zero-order valence-corrected chi connectivity index (χ0v) is 9.50. The van der Waals surface area contributed by atoms with Crippen LogP contribution in [0.5, 0.6) is 5.75 Å². The fourth-order valence-corrected chi connectivity index (χ4v) is 2.26. The van der Waals surface area contributed by atoms with E-state index in [1.807, 2.05) is 0 Å². The van der Waals surface area contributed by atoms with Gasteiger partial charge in [-0.05, 0) is 12.5 Å². The van der Waals surface area contributed by atoms with Gasteiger partial charge < -0.3 is 4.74 Å². The van der Waals surface area contributed by atoms with Crippen LogP contribution in [0.2, 0.25) is 0 Å². The molecule has 0 saturated heterocycles. The van der Waals surface area contributed by atoms with Gasteiger partial charge in [-0.25, -0.2) is 8.42 Å². The molecular weight excluding hydrogens is 216 g/mol. The Hall–Kier alpha value is -1.61. The lowest BCUT2D eigenvalue weighted by molar-refractivity contribution is 0.416. The largest absolute Gasteiger partial charge is 0.489 e. The van der Waals surface area contributed by atoms with Gasteiger partial charge in [0.1, 0.15) is 0 Å². The van der Waals surface area contributed by atoms with Crippen molar-refractivity contribution in [1.82, 2.24) is 0 Å². The third kappa shape index (κ3) is 2.25. The summed E-state index contributed by atoms with van der Waals surface area (Å²) in [5, 5.41) is 8.66. The van der Waals surface area contributed by atoms with E-state index in [1.165, 1.54) is 19.2 Å². The fourth-order valence-electron chi connectivity index (χ4n) is 1.30. The van der Waals surface area contributed by atoms with Crippen LogP contribution in [0.4, 0.5) is 5.69 Å². The number of benzene rings is 1. The van der Waals surface area contributed by atoms with Crippen molar-refractivity contribution in [3.63, 3.8) is 0 Å². The molecule has 0 aliphatic carbocycles. The molecule has 15 heavy (non-hydrogen) atoms. The molecule has 1 aromatic carbocycles. The minimum atomic E-state index is -3.29. The minimum absolute atomic E-state index is 0.173. The molecule has 1 rings (SSSR count). The van der Waals surface area contributed by atoms with Gasteiger partial charge in [0.25, 0.3) is 0 Å². The van der Waals surface area contributed by atoms with E-state index in [-0.39, 0.29) is 16.3 Å². The number of hydrogen-bond donors (Lipinski definition) is 0. The van der Waals surface area contributed by atoms with Gasteiger partial charge in [-0.15, -0.1) is 0 Å². The highest BCUT2D eigenvalue weighted by Crippen LogP contribution is 2.32. The van der Waals surface area contributed by atoms with E-state index in [0.29, 0.717) is 5.56 Å². The molecule has 0 saturated carbocycles. The Morgan fingerprint density at radius 2 is 2.00 bits per heavy atom. The molecule has 5 nitrogen and oxygen atoms in total. The Morgan fingerprint density at radius 3 is 2.40 bits per heavy atom. The number of diazo groups is 1. The monoisotopic (exact) mass is 227 g/mol. The molecule has 80 valence electrons. The maximum Gasteiger partial charge on any atom is 0.426 e. The zero-order chi connectivity index (χ0) is 11.6. The van der Waals surface area contributed by atoms with E-state index in [1.54, 1.807) is 6.92 Å². The number of nitrogens with zero attached hydrogens (tertiary/aromatic N) is 2. The molecule has 0 heterocycles. The molecule has 6 heteroatoms. The van der Waals surface area contributed by atoms with Crippen LogP contribution in [0.1, 0.15) is 5.56 Å². The molecule has 0 atom stereocenters. The van der Waals surface area contributed by atoms with Gasteiger partial charge in [0, 0.05) is 18.4 Å². The molecular formula is C9H11N2O3S+. The second kappa shape index (κ2) is 3.87. The van der Waals surface area contributed by atoms with Crippen LogP contribution in [0.25, 0.3) is 4.98 Å². The topological polar surface area (TPSA) is 71.5 Å². The van der Waals surface area contributed by atoms with Crippen molar-refractivity contribution in [2.75, 3.05) is 13.4 Å². The molecule has 0 aliphatic rings. The van der Waals surface area contributed by atoms with Crippen molar-refractivity contribution in [2.24, 2.45) is 0 Å². The average Bonchev–Trinajstić information content (AvgIpc) is 2.15. The van der Waals surface area contributed by atoms with Crippen molar-refractivity contribution < 1.29 is 13.2 Å². The summed E-state index contributed by atoms with van der Waals surface area (Å²) in [6.07, 6.45) is 1.12. The number of sulfone groups is 1. The molecule has 0 N–H and O–H groups in total. The van der Waals surface area contributed by atoms with Crippen LogP contribution in [0, 0.1) is 12.3 Å². The van der Waals surface area contributed by atoms with Crippen molar-refractivity contribution in [3.05, 3.63) is 22.7 Å². The Kier molecular flexibility index (Phi) is 2.95. The standard InChI is InChI=1S/C9H11N2O3S/c1-6-4-7(11-10)8(14-2)5-9(6)15(3,12)13/h4-5H,1-3H3/q+1. The highest BCUT2D eigenvalue weighted by molar-refractivity contribution is 7.90. The molecule has 0 spiro atoms. The van der Waals surface area contributed by atoms with Gasteiger partial charge in [0.05, 0.1) is 12.0 Å².